The molecule has 4 heteroatoms. The minimum Gasteiger partial charge on any atom is -0.477 e. The average molecular weight is 251 g/mol. The number of carbonyl (C=O) groups is 2. The molecule has 0 radical (unpaired) electrons. The Labute approximate surface area is 108 Å². The highest BCUT2D eigenvalue weighted by Gasteiger charge is 2.55. The fourth-order valence-corrected chi connectivity index (χ4v) is 3.18. The van der Waals surface area contributed by atoms with Crippen molar-refractivity contribution in [2.75, 3.05) is 0 Å². The number of β-lactam (4-membered cyclic amide) rings is 1. The van der Waals surface area contributed by atoms with Gasteiger partial charge in [0.2, 0.25) is 5.91 Å². The lowest BCUT2D eigenvalue weighted by Gasteiger charge is -2.45. The summed E-state index contributed by atoms with van der Waals surface area (Å²) < 4.78 is 0. The molecule has 2 rings (SSSR count). The molecule has 2 atom stereocenters. The summed E-state index contributed by atoms with van der Waals surface area (Å²) in [5.74, 6) is -0.643. The number of rotatable bonds is 5. The first kappa shape index (κ1) is 13.1. The summed E-state index contributed by atoms with van der Waals surface area (Å²) in [6.45, 7) is 6.15. The Balaban J connectivity index is 2.21. The first-order chi connectivity index (χ1) is 8.49. The Bertz CT molecular complexity index is 411. The van der Waals surface area contributed by atoms with Crippen molar-refractivity contribution in [2.45, 2.75) is 52.5 Å². The van der Waals surface area contributed by atoms with E-state index in [4.69, 9.17) is 0 Å². The number of carboxylic acids is 1. The molecule has 2 unspecified atom stereocenters. The van der Waals surface area contributed by atoms with Gasteiger partial charge in [0, 0.05) is 0 Å². The second-order valence-corrected chi connectivity index (χ2v) is 5.61. The Hall–Kier alpha value is -1.32. The Morgan fingerprint density at radius 3 is 2.67 bits per heavy atom. The van der Waals surface area contributed by atoms with Crippen LogP contribution in [0.15, 0.2) is 11.3 Å². The largest absolute Gasteiger partial charge is 0.477 e. The van der Waals surface area contributed by atoms with Crippen LogP contribution >= 0.6 is 0 Å². The number of nitrogens with zero attached hydrogens (tertiary/aromatic N) is 1. The first-order valence-electron chi connectivity index (χ1n) is 6.77. The maximum atomic E-state index is 12.0. The number of amides is 1. The summed E-state index contributed by atoms with van der Waals surface area (Å²) in [7, 11) is 0. The lowest BCUT2D eigenvalue weighted by molar-refractivity contribution is -0.157. The number of carbonyl (C=O) groups excluding carboxylic acids is 1. The van der Waals surface area contributed by atoms with Crippen LogP contribution in [0.2, 0.25) is 0 Å². The Kier molecular flexibility index (Phi) is 3.46. The van der Waals surface area contributed by atoms with E-state index < -0.39 is 5.97 Å². The van der Waals surface area contributed by atoms with E-state index in [0.29, 0.717) is 5.92 Å². The third-order valence-corrected chi connectivity index (χ3v) is 4.05. The number of carboxylic acid groups (broad SMARTS) is 1. The molecular weight excluding hydrogens is 230 g/mol. The van der Waals surface area contributed by atoms with Crippen LogP contribution in [0, 0.1) is 11.8 Å². The van der Waals surface area contributed by atoms with Crippen LogP contribution in [0.25, 0.3) is 0 Å². The van der Waals surface area contributed by atoms with E-state index in [1.54, 1.807) is 0 Å². The molecule has 1 fully saturated rings. The van der Waals surface area contributed by atoms with Gasteiger partial charge in [0.05, 0.1) is 12.0 Å². The SMILES string of the molecule is CCCCC1=C(C(=O)O)N2C(=O)C(C(C)C)C2C1. The van der Waals surface area contributed by atoms with E-state index >= 15 is 0 Å². The molecule has 2 aliphatic heterocycles. The molecule has 0 aliphatic carbocycles. The van der Waals surface area contributed by atoms with Gasteiger partial charge in [-0.2, -0.15) is 0 Å². The zero-order valence-electron chi connectivity index (χ0n) is 11.3. The molecule has 0 aromatic rings. The zero-order chi connectivity index (χ0) is 13.4. The smallest absolute Gasteiger partial charge is 0.352 e. The predicted octanol–water partition coefficient (Wildman–Crippen LogP) is 2.40. The second-order valence-electron chi connectivity index (χ2n) is 5.61. The van der Waals surface area contributed by atoms with Gasteiger partial charge in [-0.25, -0.2) is 4.79 Å². The summed E-state index contributed by atoms with van der Waals surface area (Å²) >= 11 is 0. The molecule has 4 nitrogen and oxygen atoms in total. The lowest BCUT2D eigenvalue weighted by Crippen LogP contribution is -2.60. The third-order valence-electron chi connectivity index (χ3n) is 4.05. The second kappa shape index (κ2) is 4.75. The van der Waals surface area contributed by atoms with E-state index in [0.717, 1.165) is 31.3 Å². The average Bonchev–Trinajstić information content (AvgIpc) is 2.60. The molecule has 2 aliphatic rings. The summed E-state index contributed by atoms with van der Waals surface area (Å²) in [6.07, 6.45) is 3.61. The maximum absolute atomic E-state index is 12.0. The Morgan fingerprint density at radius 2 is 2.17 bits per heavy atom. The maximum Gasteiger partial charge on any atom is 0.352 e. The molecule has 0 bridgehead atoms. The van der Waals surface area contributed by atoms with Crippen molar-refractivity contribution in [1.82, 2.24) is 4.90 Å². The van der Waals surface area contributed by atoms with Gasteiger partial charge in [0.1, 0.15) is 5.70 Å². The van der Waals surface area contributed by atoms with Gasteiger partial charge >= 0.3 is 5.97 Å². The number of hydrogen-bond donors (Lipinski definition) is 1. The topological polar surface area (TPSA) is 57.6 Å². The van der Waals surface area contributed by atoms with E-state index in [9.17, 15) is 14.7 Å². The van der Waals surface area contributed by atoms with Crippen LogP contribution in [0.4, 0.5) is 0 Å². The quantitative estimate of drug-likeness (QED) is 0.763. The highest BCUT2D eigenvalue weighted by Crippen LogP contribution is 2.46. The standard InChI is InChI=1S/C14H21NO3/c1-4-5-6-9-7-10-11(8(2)3)13(16)15(10)12(9)14(17)18/h8,10-11H,4-7H2,1-3H3,(H,17,18). The van der Waals surface area contributed by atoms with E-state index in [1.807, 2.05) is 13.8 Å². The molecule has 0 aromatic heterocycles. The summed E-state index contributed by atoms with van der Waals surface area (Å²) in [4.78, 5) is 24.9. The normalized spacial score (nSPS) is 26.7. The van der Waals surface area contributed by atoms with E-state index in [-0.39, 0.29) is 23.6 Å². The van der Waals surface area contributed by atoms with Crippen molar-refractivity contribution in [2.24, 2.45) is 11.8 Å². The fourth-order valence-electron chi connectivity index (χ4n) is 3.18. The first-order valence-corrected chi connectivity index (χ1v) is 6.77. The van der Waals surface area contributed by atoms with Crippen molar-refractivity contribution < 1.29 is 14.7 Å². The molecule has 100 valence electrons. The molecule has 0 saturated carbocycles. The Morgan fingerprint density at radius 1 is 1.50 bits per heavy atom. The highest BCUT2D eigenvalue weighted by molar-refractivity contribution is 5.99. The van der Waals surface area contributed by atoms with Gasteiger partial charge in [-0.15, -0.1) is 0 Å². The van der Waals surface area contributed by atoms with Crippen LogP contribution in [-0.4, -0.2) is 27.9 Å². The van der Waals surface area contributed by atoms with Gasteiger partial charge in [-0.05, 0) is 30.8 Å². The van der Waals surface area contributed by atoms with Crippen molar-refractivity contribution >= 4 is 11.9 Å². The van der Waals surface area contributed by atoms with Gasteiger partial charge in [-0.3, -0.25) is 4.79 Å². The molecule has 18 heavy (non-hydrogen) atoms. The van der Waals surface area contributed by atoms with Crippen molar-refractivity contribution in [3.8, 4) is 0 Å². The van der Waals surface area contributed by atoms with Crippen LogP contribution in [-0.2, 0) is 9.59 Å². The van der Waals surface area contributed by atoms with Crippen LogP contribution < -0.4 is 0 Å². The summed E-state index contributed by atoms with van der Waals surface area (Å²) in [6, 6.07) is 0.107. The van der Waals surface area contributed by atoms with Crippen molar-refractivity contribution in [1.29, 1.82) is 0 Å². The number of fused-ring (bicyclic) bond motifs is 1. The number of unbranched alkanes of at least 4 members (excludes halogenated alkanes) is 1. The fraction of sp³-hybridized carbons (Fsp3) is 0.714. The molecule has 2 heterocycles. The van der Waals surface area contributed by atoms with Crippen LogP contribution in [0.1, 0.15) is 46.5 Å². The number of hydrogen-bond acceptors (Lipinski definition) is 2. The van der Waals surface area contributed by atoms with Gasteiger partial charge in [-0.1, -0.05) is 27.2 Å². The van der Waals surface area contributed by atoms with Gasteiger partial charge in [0.15, 0.2) is 0 Å². The van der Waals surface area contributed by atoms with Crippen molar-refractivity contribution in [3.63, 3.8) is 0 Å². The predicted molar refractivity (Wildman–Crippen MR) is 67.8 cm³/mol. The van der Waals surface area contributed by atoms with E-state index in [1.165, 1.54) is 4.90 Å². The van der Waals surface area contributed by atoms with Crippen LogP contribution in [0.3, 0.4) is 0 Å². The van der Waals surface area contributed by atoms with Gasteiger partial charge in [0.25, 0.3) is 0 Å². The lowest BCUT2D eigenvalue weighted by atomic mass is 9.78. The molecule has 0 aromatic carbocycles. The van der Waals surface area contributed by atoms with Crippen molar-refractivity contribution in [3.05, 3.63) is 11.3 Å². The monoisotopic (exact) mass is 251 g/mol. The highest BCUT2D eigenvalue weighted by atomic mass is 16.4. The summed E-state index contributed by atoms with van der Waals surface area (Å²) in [5, 5.41) is 9.30. The summed E-state index contributed by atoms with van der Waals surface area (Å²) in [5.41, 5.74) is 1.24. The van der Waals surface area contributed by atoms with Crippen LogP contribution in [0.5, 0.6) is 0 Å². The third kappa shape index (κ3) is 1.84. The molecule has 1 N–H and O–H groups in total. The molecule has 1 amide bonds. The zero-order valence-corrected chi connectivity index (χ0v) is 11.3. The minimum atomic E-state index is -0.945. The molecule has 1 saturated heterocycles. The minimum absolute atomic E-state index is 0.00102. The molecule has 0 spiro atoms. The van der Waals surface area contributed by atoms with Gasteiger partial charge < -0.3 is 10.0 Å². The van der Waals surface area contributed by atoms with E-state index in [2.05, 4.69) is 6.92 Å². The molecular formula is C14H21NO3. The number of aliphatic carboxylic acids is 1.